The molecular formula is C22H47BO3S3. The van der Waals surface area contributed by atoms with Gasteiger partial charge in [-0.2, -0.15) is 0 Å². The molecule has 0 aliphatic rings. The van der Waals surface area contributed by atoms with E-state index in [0.29, 0.717) is 0 Å². The van der Waals surface area contributed by atoms with Crippen LogP contribution in [0.1, 0.15) is 112 Å². The summed E-state index contributed by atoms with van der Waals surface area (Å²) in [6, 6.07) is 0. The molecule has 0 saturated heterocycles. The fraction of sp³-hybridized carbons (Fsp3) is 1.00. The molecule has 0 aromatic heterocycles. The molecule has 3 nitrogen and oxygen atoms in total. The van der Waals surface area contributed by atoms with Gasteiger partial charge in [-0.15, -0.1) is 36.2 Å². The first kappa shape index (κ1) is 30.0. The van der Waals surface area contributed by atoms with Crippen LogP contribution in [-0.4, -0.2) is 35.1 Å². The number of hydrogen-bond donors (Lipinski definition) is 1. The maximum Gasteiger partial charge on any atom is 0.641 e. The third-order valence-corrected chi connectivity index (χ3v) is 6.95. The lowest BCUT2D eigenvalue weighted by molar-refractivity contribution is 0.0814. The van der Waals surface area contributed by atoms with Crippen LogP contribution >= 0.6 is 36.2 Å². The molecule has 0 aromatic rings. The molecule has 0 aromatic carbocycles. The van der Waals surface area contributed by atoms with Crippen molar-refractivity contribution in [3.63, 3.8) is 0 Å². The maximum atomic E-state index is 6.01. The number of rotatable bonds is 22. The molecule has 0 heterocycles. The van der Waals surface area contributed by atoms with Gasteiger partial charge in [0.2, 0.25) is 0 Å². The van der Waals surface area contributed by atoms with Gasteiger partial charge in [0.15, 0.2) is 0 Å². The monoisotopic (exact) mass is 466 g/mol. The minimum absolute atomic E-state index is 0.0542. The second-order valence-electron chi connectivity index (χ2n) is 7.71. The zero-order valence-electron chi connectivity index (χ0n) is 19.7. The molecule has 0 fully saturated rings. The van der Waals surface area contributed by atoms with E-state index in [4.69, 9.17) is 14.0 Å². The van der Waals surface area contributed by atoms with E-state index in [2.05, 4.69) is 40.3 Å². The molecule has 3 atom stereocenters. The predicted molar refractivity (Wildman–Crippen MR) is 138 cm³/mol. The van der Waals surface area contributed by atoms with Crippen molar-refractivity contribution in [1.82, 2.24) is 0 Å². The summed E-state index contributed by atoms with van der Waals surface area (Å²) in [6.07, 6.45) is 15.9. The number of hydrogen-bond acceptors (Lipinski definition) is 6. The molecule has 0 aliphatic heterocycles. The van der Waals surface area contributed by atoms with Gasteiger partial charge >= 0.3 is 7.32 Å². The van der Waals surface area contributed by atoms with Crippen molar-refractivity contribution in [3.8, 4) is 0 Å². The molecule has 0 spiro atoms. The van der Waals surface area contributed by atoms with E-state index >= 15 is 0 Å². The van der Waals surface area contributed by atoms with Crippen molar-refractivity contribution < 1.29 is 14.0 Å². The van der Waals surface area contributed by atoms with Crippen LogP contribution in [0.3, 0.4) is 0 Å². The van der Waals surface area contributed by atoms with Crippen LogP contribution in [0.15, 0.2) is 0 Å². The molecule has 29 heavy (non-hydrogen) atoms. The molecule has 0 amide bonds. The number of unbranched alkanes of at least 4 members (excludes halogenated alkanes) is 10. The Morgan fingerprint density at radius 1 is 0.621 bits per heavy atom. The quantitative estimate of drug-likeness (QED) is 0.0751. The first-order chi connectivity index (χ1) is 14.0. The minimum Gasteiger partial charge on any atom is -0.374 e. The first-order valence-electron chi connectivity index (χ1n) is 11.9. The summed E-state index contributed by atoms with van der Waals surface area (Å²) in [4.78, 5) is 0. The maximum absolute atomic E-state index is 6.01. The zero-order valence-corrected chi connectivity index (χ0v) is 22.2. The number of thiol groups is 1. The zero-order chi connectivity index (χ0) is 21.7. The second kappa shape index (κ2) is 22.2. The molecule has 0 bridgehead atoms. The van der Waals surface area contributed by atoms with Gasteiger partial charge in [-0.1, -0.05) is 78.1 Å². The topological polar surface area (TPSA) is 27.7 Å². The fourth-order valence-corrected chi connectivity index (χ4v) is 4.76. The standard InChI is InChI=1S/C22H47BO3S3/c1-6-8-10-12-14-16-18-28-21(4)25-23(24-20(3)27)26-22(5)29-19-17-15-13-11-9-7-2/h20-22,27H,6-19H2,1-5H3. The van der Waals surface area contributed by atoms with E-state index in [1.165, 1.54) is 77.0 Å². The first-order valence-corrected chi connectivity index (χ1v) is 14.5. The molecule has 0 saturated carbocycles. The Morgan fingerprint density at radius 3 is 1.38 bits per heavy atom. The fourth-order valence-electron chi connectivity index (χ4n) is 2.91. The Labute approximate surface area is 196 Å². The van der Waals surface area contributed by atoms with E-state index in [9.17, 15) is 0 Å². The van der Waals surface area contributed by atoms with Crippen LogP contribution in [-0.2, 0) is 14.0 Å². The highest BCUT2D eigenvalue weighted by molar-refractivity contribution is 8.00. The summed E-state index contributed by atoms with van der Waals surface area (Å²) in [5.74, 6) is 2.25. The van der Waals surface area contributed by atoms with Crippen molar-refractivity contribution in [2.45, 2.75) is 128 Å². The van der Waals surface area contributed by atoms with E-state index < -0.39 is 7.32 Å². The van der Waals surface area contributed by atoms with E-state index in [1.807, 2.05) is 30.4 Å². The van der Waals surface area contributed by atoms with E-state index in [0.717, 1.165) is 11.5 Å². The van der Waals surface area contributed by atoms with Gasteiger partial charge in [-0.3, -0.25) is 0 Å². The van der Waals surface area contributed by atoms with Crippen molar-refractivity contribution >= 4 is 43.5 Å². The highest BCUT2D eigenvalue weighted by Gasteiger charge is 2.28. The average Bonchev–Trinajstić information content (AvgIpc) is 2.66. The van der Waals surface area contributed by atoms with Gasteiger partial charge in [0.25, 0.3) is 0 Å². The van der Waals surface area contributed by atoms with Crippen LogP contribution in [0.25, 0.3) is 0 Å². The Balaban J connectivity index is 3.95. The minimum atomic E-state index is -0.651. The molecule has 0 aliphatic carbocycles. The van der Waals surface area contributed by atoms with Gasteiger partial charge in [0.1, 0.15) is 0 Å². The van der Waals surface area contributed by atoms with Crippen LogP contribution in [0, 0.1) is 0 Å². The summed E-state index contributed by atoms with van der Waals surface area (Å²) in [5.41, 5.74) is -0.108. The molecule has 7 heteroatoms. The van der Waals surface area contributed by atoms with Crippen LogP contribution in [0.4, 0.5) is 0 Å². The Kier molecular flexibility index (Phi) is 23.0. The van der Waals surface area contributed by atoms with Crippen molar-refractivity contribution in [2.75, 3.05) is 11.5 Å². The van der Waals surface area contributed by atoms with Gasteiger partial charge in [0.05, 0.1) is 16.3 Å². The van der Waals surface area contributed by atoms with Gasteiger partial charge in [-0.05, 0) is 45.1 Å². The largest absolute Gasteiger partial charge is 0.641 e. The second-order valence-corrected chi connectivity index (χ2v) is 11.2. The summed E-state index contributed by atoms with van der Waals surface area (Å²) in [7, 11) is -0.651. The summed E-state index contributed by atoms with van der Waals surface area (Å²) in [5, 5.41) is 0. The van der Waals surface area contributed by atoms with Crippen molar-refractivity contribution in [2.24, 2.45) is 0 Å². The van der Waals surface area contributed by atoms with Gasteiger partial charge in [-0.25, -0.2) is 0 Å². The summed E-state index contributed by atoms with van der Waals surface area (Å²) >= 11 is 8.02. The van der Waals surface area contributed by atoms with Gasteiger partial charge < -0.3 is 14.0 Å². The lowest BCUT2D eigenvalue weighted by atomic mass is 10.1. The van der Waals surface area contributed by atoms with Crippen LogP contribution in [0.5, 0.6) is 0 Å². The predicted octanol–water partition coefficient (Wildman–Crippen LogP) is 8.18. The van der Waals surface area contributed by atoms with E-state index in [1.54, 1.807) is 0 Å². The summed E-state index contributed by atoms with van der Waals surface area (Å²) < 4.78 is 17.7. The SMILES string of the molecule is CCCCCCCCSC(C)OB(OC(C)S)OC(C)SCCCCCCCC. The lowest BCUT2D eigenvalue weighted by Crippen LogP contribution is -2.34. The highest BCUT2D eigenvalue weighted by Crippen LogP contribution is 2.21. The average molecular weight is 467 g/mol. The molecule has 3 unspecified atom stereocenters. The Bertz CT molecular complexity index is 312. The Morgan fingerprint density at radius 2 is 1.00 bits per heavy atom. The molecular weight excluding hydrogens is 419 g/mol. The molecule has 0 rings (SSSR count). The Hall–Kier alpha value is 0.995. The molecule has 0 N–H and O–H groups in total. The summed E-state index contributed by atoms with van der Waals surface area (Å²) in [6.45, 7) is 10.6. The third-order valence-electron chi connectivity index (χ3n) is 4.61. The van der Waals surface area contributed by atoms with Crippen LogP contribution in [0.2, 0.25) is 0 Å². The number of thioether (sulfide) groups is 2. The van der Waals surface area contributed by atoms with Crippen molar-refractivity contribution in [3.05, 3.63) is 0 Å². The van der Waals surface area contributed by atoms with Crippen molar-refractivity contribution in [1.29, 1.82) is 0 Å². The molecule has 174 valence electrons. The van der Waals surface area contributed by atoms with Crippen LogP contribution < -0.4 is 0 Å². The smallest absolute Gasteiger partial charge is 0.374 e. The third kappa shape index (κ3) is 22.0. The lowest BCUT2D eigenvalue weighted by Gasteiger charge is -2.23. The normalized spacial score (nSPS) is 14.7. The van der Waals surface area contributed by atoms with Gasteiger partial charge in [0, 0.05) is 0 Å². The highest BCUT2D eigenvalue weighted by atomic mass is 32.2. The van der Waals surface area contributed by atoms with E-state index in [-0.39, 0.29) is 16.3 Å². The molecule has 0 radical (unpaired) electrons.